The zero-order valence-corrected chi connectivity index (χ0v) is 38.3. The van der Waals surface area contributed by atoms with Gasteiger partial charge in [-0.15, -0.1) is 0 Å². The van der Waals surface area contributed by atoms with Gasteiger partial charge in [-0.1, -0.05) is 0 Å². The molecule has 0 unspecified atom stereocenters. The van der Waals surface area contributed by atoms with Crippen molar-refractivity contribution in [3.8, 4) is 11.5 Å². The fourth-order valence-corrected chi connectivity index (χ4v) is 11.9. The Labute approximate surface area is 366 Å². The summed E-state index contributed by atoms with van der Waals surface area (Å²) in [5.74, 6) is -0.456. The minimum atomic E-state index is -3.98. The number of aliphatic carboxylic acids is 1. The van der Waals surface area contributed by atoms with Crippen LogP contribution in [0.25, 0.3) is 0 Å². The lowest BCUT2D eigenvalue weighted by molar-refractivity contribution is -0.161. The molecule has 20 heteroatoms. The van der Waals surface area contributed by atoms with Gasteiger partial charge in [-0.25, -0.2) is 16.8 Å². The molecule has 2 aromatic carbocycles. The Hall–Kier alpha value is -3.76. The first-order valence-electron chi connectivity index (χ1n) is 21.0. The molecule has 4 saturated heterocycles. The van der Waals surface area contributed by atoms with Crippen LogP contribution in [0.4, 0.5) is 11.4 Å². The summed E-state index contributed by atoms with van der Waals surface area (Å²) in [7, 11) is -4.65. The van der Waals surface area contributed by atoms with Gasteiger partial charge in [0.25, 0.3) is 0 Å². The van der Waals surface area contributed by atoms with Gasteiger partial charge in [0.1, 0.15) is 30.3 Å². The number of hydrogen-bond donors (Lipinski definition) is 1. The molecule has 0 aliphatic carbocycles. The molecule has 0 aromatic heterocycles. The molecular weight excluding hydrogens is 849 g/mol. The van der Waals surface area contributed by atoms with Crippen molar-refractivity contribution in [3.63, 3.8) is 0 Å². The highest BCUT2D eigenvalue weighted by Crippen LogP contribution is 2.37. The second kappa shape index (κ2) is 21.7. The van der Waals surface area contributed by atoms with Gasteiger partial charge in [0.2, 0.25) is 20.0 Å². The number of ether oxygens (including phenoxy) is 7. The fourth-order valence-electron chi connectivity index (χ4n) is 7.78. The molecule has 0 atom stereocenters. The number of sulfonamides is 2. The number of piperazine rings is 2. The van der Waals surface area contributed by atoms with Crippen LogP contribution in [-0.4, -0.2) is 177 Å². The normalized spacial score (nSPS) is 20.1. The van der Waals surface area contributed by atoms with E-state index < -0.39 is 47.1 Å². The molecule has 0 saturated carbocycles. The van der Waals surface area contributed by atoms with Crippen LogP contribution in [0.2, 0.25) is 0 Å². The Balaban J connectivity index is 0.000000236. The first-order valence-corrected chi connectivity index (χ1v) is 23.9. The Kier molecular flexibility index (Phi) is 17.3. The number of carbonyl (C=O) groups excluding carboxylic acids is 1. The SMILES string of the molecule is COCCOc1ccc(N2CCN(S(=O)(=O)C3(C(=O)O)CCOCC3)CC2)cc1.COCCOc1ccc(N2CCN(S(=O)(=O)C3(C(=O)OC(C)(C)C)CCOCC3)CC2)cc1. The highest BCUT2D eigenvalue weighted by Gasteiger charge is 2.57. The fraction of sp³-hybridized carbons (Fsp3) is 0.667. The summed E-state index contributed by atoms with van der Waals surface area (Å²) in [6.45, 7) is 11.1. The number of esters is 1. The molecule has 4 aliphatic rings. The Bertz CT molecular complexity index is 1950. The van der Waals surface area contributed by atoms with Gasteiger partial charge >= 0.3 is 11.9 Å². The number of carboxylic acid groups (broad SMARTS) is 1. The van der Waals surface area contributed by atoms with Crippen LogP contribution in [0.15, 0.2) is 48.5 Å². The maximum absolute atomic E-state index is 13.7. The lowest BCUT2D eigenvalue weighted by atomic mass is 9.99. The molecule has 0 radical (unpaired) electrons. The summed E-state index contributed by atoms with van der Waals surface area (Å²) in [5, 5.41) is 9.70. The minimum absolute atomic E-state index is 0.0184. The van der Waals surface area contributed by atoms with Crippen molar-refractivity contribution >= 4 is 43.4 Å². The number of methoxy groups -OCH3 is 2. The monoisotopic (exact) mass is 912 g/mol. The largest absolute Gasteiger partial charge is 0.491 e. The lowest BCUT2D eigenvalue weighted by Crippen LogP contribution is -2.61. The number of carbonyl (C=O) groups is 2. The van der Waals surface area contributed by atoms with Crippen LogP contribution in [0.5, 0.6) is 11.5 Å². The molecule has 18 nitrogen and oxygen atoms in total. The summed E-state index contributed by atoms with van der Waals surface area (Å²) in [6, 6.07) is 15.3. The summed E-state index contributed by atoms with van der Waals surface area (Å²) in [4.78, 5) is 29.2. The Morgan fingerprint density at radius 3 is 1.29 bits per heavy atom. The van der Waals surface area contributed by atoms with Crippen molar-refractivity contribution < 1.29 is 64.7 Å². The van der Waals surface area contributed by atoms with E-state index in [-0.39, 0.29) is 65.2 Å². The lowest BCUT2D eigenvalue weighted by Gasteiger charge is -2.42. The van der Waals surface area contributed by atoms with Crippen molar-refractivity contribution in [2.75, 3.05) is 129 Å². The molecule has 2 aromatic rings. The van der Waals surface area contributed by atoms with E-state index in [2.05, 4.69) is 9.80 Å². The first kappa shape index (κ1) is 49.3. The van der Waals surface area contributed by atoms with E-state index in [1.54, 1.807) is 35.0 Å². The van der Waals surface area contributed by atoms with Crippen LogP contribution in [0.3, 0.4) is 0 Å². The van der Waals surface area contributed by atoms with Gasteiger partial charge in [0, 0.05) is 130 Å². The molecule has 0 spiro atoms. The topological polar surface area (TPSA) is 200 Å². The number of benzene rings is 2. The highest BCUT2D eigenvalue weighted by atomic mass is 32.2. The van der Waals surface area contributed by atoms with Crippen LogP contribution in [0, 0.1) is 0 Å². The molecule has 0 amide bonds. The summed E-state index contributed by atoms with van der Waals surface area (Å²) in [6.07, 6.45) is 0.175. The third kappa shape index (κ3) is 11.7. The third-order valence-corrected chi connectivity index (χ3v) is 16.6. The predicted molar refractivity (Wildman–Crippen MR) is 232 cm³/mol. The third-order valence-electron chi connectivity index (χ3n) is 11.4. The van der Waals surface area contributed by atoms with Crippen LogP contribution in [-0.2, 0) is 53.3 Å². The quantitative estimate of drug-likeness (QED) is 0.190. The number of nitrogens with zero attached hydrogens (tertiary/aromatic N) is 4. The molecule has 4 aliphatic heterocycles. The van der Waals surface area contributed by atoms with E-state index in [0.717, 1.165) is 22.9 Å². The molecule has 0 bridgehead atoms. The van der Waals surface area contributed by atoms with Gasteiger partial charge in [0.15, 0.2) is 9.49 Å². The smallest absolute Gasteiger partial charge is 0.329 e. The van der Waals surface area contributed by atoms with Crippen LogP contribution < -0.4 is 19.3 Å². The number of rotatable bonds is 16. The average Bonchev–Trinajstić information content (AvgIpc) is 3.27. The summed E-state index contributed by atoms with van der Waals surface area (Å²) < 4.78 is 90.4. The molecule has 348 valence electrons. The summed E-state index contributed by atoms with van der Waals surface area (Å²) >= 11 is 0. The van der Waals surface area contributed by atoms with E-state index >= 15 is 0 Å². The molecule has 62 heavy (non-hydrogen) atoms. The Morgan fingerprint density at radius 1 is 0.597 bits per heavy atom. The molecule has 6 rings (SSSR count). The zero-order valence-electron chi connectivity index (χ0n) is 36.6. The second-order valence-electron chi connectivity index (χ2n) is 16.5. The van der Waals surface area contributed by atoms with Crippen molar-refractivity contribution in [2.24, 2.45) is 0 Å². The van der Waals surface area contributed by atoms with Crippen molar-refractivity contribution in [2.45, 2.75) is 61.5 Å². The van der Waals surface area contributed by atoms with Crippen molar-refractivity contribution in [3.05, 3.63) is 48.5 Å². The highest BCUT2D eigenvalue weighted by molar-refractivity contribution is 7.91. The van der Waals surface area contributed by atoms with E-state index in [4.69, 9.17) is 33.2 Å². The minimum Gasteiger partial charge on any atom is -0.491 e. The molecule has 1 N–H and O–H groups in total. The van der Waals surface area contributed by atoms with Crippen molar-refractivity contribution in [1.29, 1.82) is 0 Å². The van der Waals surface area contributed by atoms with E-state index in [1.165, 1.54) is 8.61 Å². The standard InChI is InChI=1S/C23H36N2O7S.C19H28N2O7S/c1-22(2,3)32-21(26)23(9-15-30-16-10-23)33(27,28)25-13-11-24(12-14-25)19-5-7-20(8-6-19)31-18-17-29-4;1-26-14-15-28-17-4-2-16(3-5-17)20-8-10-21(11-9-20)29(24,25)19(18(22)23)6-12-27-13-7-19/h5-8H,9-18H2,1-4H3;2-5H,6-15H2,1H3,(H,22,23). The molecule has 4 heterocycles. The number of anilines is 2. The van der Waals surface area contributed by atoms with Crippen LogP contribution >= 0.6 is 0 Å². The van der Waals surface area contributed by atoms with E-state index in [0.29, 0.717) is 65.7 Å². The average molecular weight is 913 g/mol. The summed E-state index contributed by atoms with van der Waals surface area (Å²) in [5.41, 5.74) is 1.20. The van der Waals surface area contributed by atoms with Crippen molar-refractivity contribution in [1.82, 2.24) is 8.61 Å². The second-order valence-corrected chi connectivity index (χ2v) is 21.0. The van der Waals surface area contributed by atoms with Gasteiger partial charge in [-0.05, 0) is 69.3 Å². The number of carboxylic acids is 1. The molecular formula is C42H64N4O14S2. The van der Waals surface area contributed by atoms with E-state index in [1.807, 2.05) is 48.5 Å². The van der Waals surface area contributed by atoms with Crippen LogP contribution in [0.1, 0.15) is 46.5 Å². The first-order chi connectivity index (χ1) is 29.5. The molecule has 4 fully saturated rings. The Morgan fingerprint density at radius 2 is 0.952 bits per heavy atom. The number of hydrogen-bond acceptors (Lipinski definition) is 15. The van der Waals surface area contributed by atoms with Gasteiger partial charge in [-0.2, -0.15) is 8.61 Å². The van der Waals surface area contributed by atoms with Gasteiger partial charge in [-0.3, -0.25) is 9.59 Å². The maximum atomic E-state index is 13.7. The predicted octanol–water partition coefficient (Wildman–Crippen LogP) is 2.85. The van der Waals surface area contributed by atoms with Gasteiger partial charge < -0.3 is 48.1 Å². The van der Waals surface area contributed by atoms with E-state index in [9.17, 15) is 31.5 Å². The maximum Gasteiger partial charge on any atom is 0.329 e. The zero-order chi connectivity index (χ0) is 45.0. The van der Waals surface area contributed by atoms with Gasteiger partial charge in [0.05, 0.1) is 13.2 Å².